The summed E-state index contributed by atoms with van der Waals surface area (Å²) >= 11 is 0. The Labute approximate surface area is 261 Å². The second kappa shape index (κ2) is 17.2. The summed E-state index contributed by atoms with van der Waals surface area (Å²) in [5, 5.41) is 2.90. The number of esters is 4. The van der Waals surface area contributed by atoms with E-state index in [-0.39, 0.29) is 25.5 Å². The Hall–Kier alpha value is -4.43. The van der Waals surface area contributed by atoms with E-state index in [9.17, 15) is 24.0 Å². The van der Waals surface area contributed by atoms with E-state index >= 15 is 0 Å². The smallest absolute Gasteiger partial charge is 0.303 e. The minimum Gasteiger partial charge on any atom is -0.463 e. The summed E-state index contributed by atoms with van der Waals surface area (Å²) < 4.78 is 27.6. The Kier molecular flexibility index (Phi) is 13.4. The fourth-order valence-corrected chi connectivity index (χ4v) is 4.93. The third kappa shape index (κ3) is 11.2. The van der Waals surface area contributed by atoms with Crippen molar-refractivity contribution in [3.05, 3.63) is 60.2 Å². The van der Waals surface area contributed by atoms with Crippen molar-refractivity contribution in [3.8, 4) is 0 Å². The van der Waals surface area contributed by atoms with E-state index in [4.69, 9.17) is 23.7 Å². The Morgan fingerprint density at radius 1 is 0.778 bits per heavy atom. The van der Waals surface area contributed by atoms with Gasteiger partial charge in [-0.15, -0.1) is 0 Å². The fourth-order valence-electron chi connectivity index (χ4n) is 4.93. The Morgan fingerprint density at radius 2 is 1.29 bits per heavy atom. The van der Waals surface area contributed by atoms with Crippen LogP contribution in [0.3, 0.4) is 0 Å². The number of carbonyl (C=O) groups excluding carboxylic acids is 5. The minimum atomic E-state index is -1.27. The molecule has 14 heteroatoms. The van der Waals surface area contributed by atoms with Crippen molar-refractivity contribution in [2.24, 2.45) is 0 Å². The van der Waals surface area contributed by atoms with Crippen LogP contribution in [-0.4, -0.2) is 94.4 Å². The molecule has 0 radical (unpaired) electrons. The number of amides is 1. The van der Waals surface area contributed by atoms with Crippen LogP contribution in [0.5, 0.6) is 0 Å². The maximum Gasteiger partial charge on any atom is 0.303 e. The summed E-state index contributed by atoms with van der Waals surface area (Å²) in [6.07, 6.45) is -2.20. The molecule has 1 amide bonds. The molecule has 0 saturated carbocycles. The van der Waals surface area contributed by atoms with Crippen LogP contribution in [0.4, 0.5) is 0 Å². The molecule has 0 spiro atoms. The predicted molar refractivity (Wildman–Crippen MR) is 157 cm³/mol. The number of nitrogens with zero attached hydrogens (tertiary/aromatic N) is 3. The lowest BCUT2D eigenvalue weighted by molar-refractivity contribution is -0.253. The number of carbonyl (C=O) groups is 5. The third-order valence-electron chi connectivity index (χ3n) is 6.92. The molecular weight excluding hydrogens is 588 g/mol. The number of ether oxygens (including phenoxy) is 5. The second-order valence-corrected chi connectivity index (χ2v) is 10.5. The highest BCUT2D eigenvalue weighted by Crippen LogP contribution is 2.30. The molecule has 3 rings (SSSR count). The SMILES string of the molecule is CC(=O)OC[C@H]1O[C@@H](CCNC(=O)[C@H](C)N(Cc2ccccn2)Cc2ccccn2)[C@H](OC(C)=O)[C@@H](OC(C)=O)[C@@H]1OC(C)=O. The average Bonchev–Trinajstić information content (AvgIpc) is 2.98. The van der Waals surface area contributed by atoms with Crippen molar-refractivity contribution >= 4 is 29.8 Å². The first-order valence-electron chi connectivity index (χ1n) is 14.6. The Bertz CT molecular complexity index is 1250. The summed E-state index contributed by atoms with van der Waals surface area (Å²) in [4.78, 5) is 71.8. The van der Waals surface area contributed by atoms with Gasteiger partial charge in [-0.3, -0.25) is 38.8 Å². The summed E-state index contributed by atoms with van der Waals surface area (Å²) in [7, 11) is 0. The predicted octanol–water partition coefficient (Wildman–Crippen LogP) is 1.50. The van der Waals surface area contributed by atoms with E-state index in [0.29, 0.717) is 13.1 Å². The van der Waals surface area contributed by atoms with Crippen molar-refractivity contribution in [1.29, 1.82) is 0 Å². The van der Waals surface area contributed by atoms with Crippen LogP contribution in [0.1, 0.15) is 52.4 Å². The van der Waals surface area contributed by atoms with Crippen LogP contribution in [0.15, 0.2) is 48.8 Å². The summed E-state index contributed by atoms with van der Waals surface area (Å²) in [5.41, 5.74) is 1.57. The van der Waals surface area contributed by atoms with Gasteiger partial charge in [0.1, 0.15) is 18.8 Å². The molecule has 3 heterocycles. The zero-order valence-corrected chi connectivity index (χ0v) is 26.0. The van der Waals surface area contributed by atoms with Gasteiger partial charge in [-0.1, -0.05) is 12.1 Å². The van der Waals surface area contributed by atoms with Crippen molar-refractivity contribution < 1.29 is 47.7 Å². The molecule has 0 unspecified atom stereocenters. The normalized spacial score (nSPS) is 21.7. The van der Waals surface area contributed by atoms with Gasteiger partial charge in [0.2, 0.25) is 5.91 Å². The maximum absolute atomic E-state index is 13.4. The number of rotatable bonds is 14. The number of aromatic nitrogens is 2. The fraction of sp³-hybridized carbons (Fsp3) is 0.516. The standard InChI is InChI=1S/C31H40N4O10/c1-19(35(16-24-10-6-8-13-32-24)17-25-11-7-9-14-33-25)31(40)34-15-12-26-28(42-21(3)37)30(44-23(5)39)29(43-22(4)38)27(45-26)18-41-20(2)36/h6-11,13-14,19,26-30H,12,15-18H2,1-5H3,(H,34,40)/t19-,26-,27+,28-,29+,30+/m0/s1. The van der Waals surface area contributed by atoms with Crippen LogP contribution in [-0.2, 0) is 60.7 Å². The van der Waals surface area contributed by atoms with Gasteiger partial charge < -0.3 is 29.0 Å². The largest absolute Gasteiger partial charge is 0.463 e. The van der Waals surface area contributed by atoms with Gasteiger partial charge in [0, 0.05) is 59.7 Å². The number of nitrogens with one attached hydrogen (secondary N) is 1. The zero-order valence-electron chi connectivity index (χ0n) is 26.0. The van der Waals surface area contributed by atoms with Crippen LogP contribution in [0.25, 0.3) is 0 Å². The van der Waals surface area contributed by atoms with Gasteiger partial charge in [-0.05, 0) is 37.6 Å². The first-order chi connectivity index (χ1) is 21.4. The van der Waals surface area contributed by atoms with Gasteiger partial charge in [-0.2, -0.15) is 0 Å². The Morgan fingerprint density at radius 3 is 1.76 bits per heavy atom. The van der Waals surface area contributed by atoms with Crippen LogP contribution < -0.4 is 5.32 Å². The number of hydrogen-bond donors (Lipinski definition) is 1. The van der Waals surface area contributed by atoms with Gasteiger partial charge in [0.15, 0.2) is 18.3 Å². The highest BCUT2D eigenvalue weighted by molar-refractivity contribution is 5.81. The molecular formula is C31H40N4O10. The highest BCUT2D eigenvalue weighted by Gasteiger charge is 2.51. The molecule has 1 N–H and O–H groups in total. The summed E-state index contributed by atoms with van der Waals surface area (Å²) in [6.45, 7) is 7.01. The van der Waals surface area contributed by atoms with Crippen molar-refractivity contribution in [2.75, 3.05) is 13.2 Å². The van der Waals surface area contributed by atoms with Crippen LogP contribution in [0, 0.1) is 0 Å². The van der Waals surface area contributed by atoms with Gasteiger partial charge in [-0.25, -0.2) is 0 Å². The Balaban J connectivity index is 1.77. The van der Waals surface area contributed by atoms with Gasteiger partial charge in [0.05, 0.1) is 17.4 Å². The zero-order chi connectivity index (χ0) is 32.9. The molecule has 6 atom stereocenters. The molecule has 1 saturated heterocycles. The third-order valence-corrected chi connectivity index (χ3v) is 6.92. The lowest BCUT2D eigenvalue weighted by atomic mass is 9.92. The molecule has 14 nitrogen and oxygen atoms in total. The van der Waals surface area contributed by atoms with Gasteiger partial charge in [0.25, 0.3) is 0 Å². The molecule has 1 aliphatic rings. The average molecular weight is 629 g/mol. The molecule has 244 valence electrons. The number of pyridine rings is 2. The van der Waals surface area contributed by atoms with E-state index in [0.717, 1.165) is 25.2 Å². The van der Waals surface area contributed by atoms with Crippen molar-refractivity contribution in [3.63, 3.8) is 0 Å². The topological polar surface area (TPSA) is 173 Å². The monoisotopic (exact) mass is 628 g/mol. The quantitative estimate of drug-likeness (QED) is 0.236. The highest BCUT2D eigenvalue weighted by atomic mass is 16.7. The number of hydrogen-bond acceptors (Lipinski definition) is 13. The summed E-state index contributed by atoms with van der Waals surface area (Å²) in [6, 6.07) is 10.5. The molecule has 0 bridgehead atoms. The first-order valence-corrected chi connectivity index (χ1v) is 14.6. The lowest BCUT2D eigenvalue weighted by Crippen LogP contribution is -2.62. The van der Waals surface area contributed by atoms with E-state index in [2.05, 4.69) is 15.3 Å². The lowest BCUT2D eigenvalue weighted by Gasteiger charge is -2.44. The second-order valence-electron chi connectivity index (χ2n) is 10.5. The van der Waals surface area contributed by atoms with E-state index < -0.39 is 60.4 Å². The van der Waals surface area contributed by atoms with Gasteiger partial charge >= 0.3 is 23.9 Å². The molecule has 1 aliphatic heterocycles. The van der Waals surface area contributed by atoms with Crippen LogP contribution >= 0.6 is 0 Å². The van der Waals surface area contributed by atoms with Crippen molar-refractivity contribution in [2.45, 2.75) is 90.7 Å². The summed E-state index contributed by atoms with van der Waals surface area (Å²) in [5.74, 6) is -3.01. The van der Waals surface area contributed by atoms with E-state index in [1.165, 1.54) is 13.8 Å². The van der Waals surface area contributed by atoms with Crippen molar-refractivity contribution in [1.82, 2.24) is 20.2 Å². The van der Waals surface area contributed by atoms with Crippen LogP contribution in [0.2, 0.25) is 0 Å². The molecule has 2 aromatic heterocycles. The van der Waals surface area contributed by atoms with E-state index in [1.54, 1.807) is 19.3 Å². The first kappa shape index (κ1) is 35.1. The molecule has 0 aliphatic carbocycles. The molecule has 45 heavy (non-hydrogen) atoms. The van der Waals surface area contributed by atoms with E-state index in [1.807, 2.05) is 41.3 Å². The molecule has 2 aromatic rings. The molecule has 1 fully saturated rings. The molecule has 0 aromatic carbocycles. The minimum absolute atomic E-state index is 0.0813. The maximum atomic E-state index is 13.4.